The number of hydrogen-bond donors (Lipinski definition) is 2. The molecule has 1 heterocycles. The molecule has 0 spiro atoms. The third-order valence-corrected chi connectivity index (χ3v) is 5.49. The van der Waals surface area contributed by atoms with Crippen LogP contribution in [-0.4, -0.2) is 47.4 Å². The SMILES string of the molecule is CC(C)(CC(=O)N[C@H]1C[C@@H]1c1cc(F)cc(F)c1)NCC(=O)N1CCC[C@H]1C#N. The molecule has 1 saturated heterocycles. The Morgan fingerprint density at radius 2 is 1.97 bits per heavy atom. The first-order chi connectivity index (χ1) is 13.7. The van der Waals surface area contributed by atoms with E-state index in [0.29, 0.717) is 24.9 Å². The summed E-state index contributed by atoms with van der Waals surface area (Å²) in [6, 6.07) is 5.06. The molecule has 3 rings (SSSR count). The molecule has 2 aliphatic rings. The molecule has 156 valence electrons. The maximum atomic E-state index is 13.4. The zero-order chi connectivity index (χ0) is 21.2. The van der Waals surface area contributed by atoms with E-state index in [2.05, 4.69) is 16.7 Å². The zero-order valence-corrected chi connectivity index (χ0v) is 16.7. The molecule has 0 unspecified atom stereocenters. The summed E-state index contributed by atoms with van der Waals surface area (Å²) in [6.07, 6.45) is 2.33. The summed E-state index contributed by atoms with van der Waals surface area (Å²) in [4.78, 5) is 26.3. The lowest BCUT2D eigenvalue weighted by Gasteiger charge is -2.27. The van der Waals surface area contributed by atoms with E-state index in [-0.39, 0.29) is 42.8 Å². The Morgan fingerprint density at radius 1 is 1.28 bits per heavy atom. The monoisotopic (exact) mass is 404 g/mol. The van der Waals surface area contributed by atoms with Gasteiger partial charge in [0.05, 0.1) is 12.6 Å². The van der Waals surface area contributed by atoms with Gasteiger partial charge in [0.2, 0.25) is 11.8 Å². The van der Waals surface area contributed by atoms with Crippen molar-refractivity contribution >= 4 is 11.8 Å². The minimum Gasteiger partial charge on any atom is -0.353 e. The van der Waals surface area contributed by atoms with E-state index in [1.807, 2.05) is 13.8 Å². The highest BCUT2D eigenvalue weighted by Crippen LogP contribution is 2.41. The highest BCUT2D eigenvalue weighted by molar-refractivity contribution is 5.80. The van der Waals surface area contributed by atoms with Gasteiger partial charge >= 0.3 is 0 Å². The predicted molar refractivity (Wildman–Crippen MR) is 103 cm³/mol. The summed E-state index contributed by atoms with van der Waals surface area (Å²) >= 11 is 0. The number of rotatable bonds is 7. The molecule has 2 N–H and O–H groups in total. The van der Waals surface area contributed by atoms with E-state index in [9.17, 15) is 18.4 Å². The molecule has 8 heteroatoms. The standard InChI is InChI=1S/C21H26F2N4O2/c1-21(2,25-12-20(29)27-5-3-4-16(27)11-24)10-19(28)26-18-9-17(18)13-6-14(22)8-15(23)7-13/h6-8,16-18,25H,3-5,9-10,12H2,1-2H3,(H,26,28)/t16-,17+,18-/m0/s1. The van der Waals surface area contributed by atoms with Gasteiger partial charge in [0.15, 0.2) is 0 Å². The molecule has 29 heavy (non-hydrogen) atoms. The fourth-order valence-electron chi connectivity index (χ4n) is 3.85. The average molecular weight is 404 g/mol. The molecule has 2 fully saturated rings. The molecular formula is C21H26F2N4O2. The fraction of sp³-hybridized carbons (Fsp3) is 0.571. The molecule has 0 bridgehead atoms. The Balaban J connectivity index is 1.45. The molecule has 0 radical (unpaired) electrons. The van der Waals surface area contributed by atoms with Gasteiger partial charge in [-0.1, -0.05) is 0 Å². The lowest BCUT2D eigenvalue weighted by Crippen LogP contribution is -2.49. The lowest BCUT2D eigenvalue weighted by atomic mass is 10.00. The van der Waals surface area contributed by atoms with E-state index >= 15 is 0 Å². The first-order valence-corrected chi connectivity index (χ1v) is 9.88. The molecule has 2 amide bonds. The largest absolute Gasteiger partial charge is 0.353 e. The van der Waals surface area contributed by atoms with Crippen LogP contribution in [0.25, 0.3) is 0 Å². The molecule has 1 aliphatic carbocycles. The summed E-state index contributed by atoms with van der Waals surface area (Å²) in [5.74, 6) is -1.65. The van der Waals surface area contributed by atoms with Gasteiger partial charge in [-0.25, -0.2) is 8.78 Å². The number of carbonyl (C=O) groups excluding carboxylic acids is 2. The van der Waals surface area contributed by atoms with Crippen molar-refractivity contribution in [2.24, 2.45) is 0 Å². The Kier molecular flexibility index (Phi) is 6.18. The van der Waals surface area contributed by atoms with Crippen molar-refractivity contribution < 1.29 is 18.4 Å². The first-order valence-electron chi connectivity index (χ1n) is 9.88. The lowest BCUT2D eigenvalue weighted by molar-refractivity contribution is -0.131. The summed E-state index contributed by atoms with van der Waals surface area (Å²) < 4.78 is 26.7. The Morgan fingerprint density at radius 3 is 2.62 bits per heavy atom. The highest BCUT2D eigenvalue weighted by Gasteiger charge is 2.40. The van der Waals surface area contributed by atoms with Crippen molar-refractivity contribution in [2.75, 3.05) is 13.1 Å². The molecule has 1 aromatic carbocycles. The summed E-state index contributed by atoms with van der Waals surface area (Å²) in [6.45, 7) is 4.31. The molecule has 0 aromatic heterocycles. The predicted octanol–water partition coefficient (Wildman–Crippen LogP) is 2.21. The maximum Gasteiger partial charge on any atom is 0.237 e. The van der Waals surface area contributed by atoms with Gasteiger partial charge in [-0.15, -0.1) is 0 Å². The summed E-state index contributed by atoms with van der Waals surface area (Å²) in [5.41, 5.74) is -0.0646. The topological polar surface area (TPSA) is 85.2 Å². The van der Waals surface area contributed by atoms with Gasteiger partial charge in [0.1, 0.15) is 17.7 Å². The summed E-state index contributed by atoms with van der Waals surface area (Å²) in [7, 11) is 0. The van der Waals surface area contributed by atoms with E-state index < -0.39 is 17.2 Å². The van der Waals surface area contributed by atoms with Crippen molar-refractivity contribution in [1.29, 1.82) is 5.26 Å². The van der Waals surface area contributed by atoms with Gasteiger partial charge in [-0.2, -0.15) is 5.26 Å². The number of benzene rings is 1. The van der Waals surface area contributed by atoms with Crippen LogP contribution in [0.4, 0.5) is 8.78 Å². The third kappa shape index (κ3) is 5.51. The maximum absolute atomic E-state index is 13.4. The minimum absolute atomic E-state index is 0.0626. The second-order valence-electron chi connectivity index (χ2n) is 8.51. The summed E-state index contributed by atoms with van der Waals surface area (Å²) in [5, 5.41) is 15.1. The van der Waals surface area contributed by atoms with E-state index in [1.165, 1.54) is 12.1 Å². The number of hydrogen-bond acceptors (Lipinski definition) is 4. The van der Waals surface area contributed by atoms with Crippen LogP contribution in [0.15, 0.2) is 18.2 Å². The number of nitrogens with zero attached hydrogens (tertiary/aromatic N) is 2. The van der Waals surface area contributed by atoms with Crippen LogP contribution in [0.5, 0.6) is 0 Å². The van der Waals surface area contributed by atoms with E-state index in [4.69, 9.17) is 5.26 Å². The fourth-order valence-corrected chi connectivity index (χ4v) is 3.85. The second-order valence-corrected chi connectivity index (χ2v) is 8.51. The first kappa shape index (κ1) is 21.2. The van der Waals surface area contributed by atoms with Crippen LogP contribution in [0, 0.1) is 23.0 Å². The van der Waals surface area contributed by atoms with E-state index in [1.54, 1.807) is 4.90 Å². The number of nitrogens with one attached hydrogen (secondary N) is 2. The smallest absolute Gasteiger partial charge is 0.237 e. The van der Waals surface area contributed by atoms with Crippen molar-refractivity contribution in [2.45, 2.75) is 63.1 Å². The normalized spacial score (nSPS) is 23.6. The van der Waals surface area contributed by atoms with Crippen molar-refractivity contribution in [3.05, 3.63) is 35.4 Å². The van der Waals surface area contributed by atoms with Gasteiger partial charge in [-0.3, -0.25) is 9.59 Å². The van der Waals surface area contributed by atoms with Gasteiger partial charge in [0, 0.05) is 36.5 Å². The van der Waals surface area contributed by atoms with Crippen LogP contribution >= 0.6 is 0 Å². The number of carbonyl (C=O) groups is 2. The van der Waals surface area contributed by atoms with Gasteiger partial charge < -0.3 is 15.5 Å². The van der Waals surface area contributed by atoms with E-state index in [0.717, 1.165) is 12.5 Å². The number of amides is 2. The van der Waals surface area contributed by atoms with Crippen LogP contribution in [0.1, 0.15) is 51.0 Å². The van der Waals surface area contributed by atoms with Crippen molar-refractivity contribution in [3.63, 3.8) is 0 Å². The Labute approximate surface area is 169 Å². The third-order valence-electron chi connectivity index (χ3n) is 5.49. The number of nitriles is 1. The average Bonchev–Trinajstić information content (AvgIpc) is 3.22. The molecule has 1 aromatic rings. The van der Waals surface area contributed by atoms with Crippen molar-refractivity contribution in [3.8, 4) is 6.07 Å². The number of halogens is 2. The van der Waals surface area contributed by atoms with Crippen molar-refractivity contribution in [1.82, 2.24) is 15.5 Å². The Bertz CT molecular complexity index is 816. The highest BCUT2D eigenvalue weighted by atomic mass is 19.1. The van der Waals surface area contributed by atoms with Crippen LogP contribution < -0.4 is 10.6 Å². The molecule has 1 saturated carbocycles. The van der Waals surface area contributed by atoms with Crippen LogP contribution in [0.2, 0.25) is 0 Å². The molecular weight excluding hydrogens is 378 g/mol. The molecule has 6 nitrogen and oxygen atoms in total. The van der Waals surface area contributed by atoms with Gasteiger partial charge in [0.25, 0.3) is 0 Å². The second kappa shape index (κ2) is 8.46. The van der Waals surface area contributed by atoms with Crippen LogP contribution in [-0.2, 0) is 9.59 Å². The Hall–Kier alpha value is -2.53. The number of likely N-dealkylation sites (tertiary alicyclic amines) is 1. The van der Waals surface area contributed by atoms with Crippen LogP contribution in [0.3, 0.4) is 0 Å². The minimum atomic E-state index is -0.622. The quantitative estimate of drug-likeness (QED) is 0.730. The zero-order valence-electron chi connectivity index (χ0n) is 16.7. The molecule has 1 aliphatic heterocycles. The molecule has 3 atom stereocenters. The van der Waals surface area contributed by atoms with Gasteiger partial charge in [-0.05, 0) is 50.8 Å².